The SMILES string of the molecule is CN(C)CC(=O)N1CCC[C@@H]1COc1cccc2ncnc(Nc3ccc(OC[s+]4ccnc4)c(Cl)c3)c12. The van der Waals surface area contributed by atoms with Gasteiger partial charge in [-0.15, -0.1) is 0 Å². The topological polar surface area (TPSA) is 92.7 Å². The Labute approximate surface area is 229 Å². The maximum atomic E-state index is 12.7. The number of ether oxygens (including phenoxy) is 2. The highest BCUT2D eigenvalue weighted by atomic mass is 35.5. The number of amides is 1. The smallest absolute Gasteiger partial charge is 0.268 e. The fraction of sp³-hybridized carbons (Fsp3) is 0.333. The van der Waals surface area contributed by atoms with E-state index in [-0.39, 0.29) is 22.4 Å². The number of aromatic nitrogens is 3. The molecule has 5 rings (SSSR count). The van der Waals surface area contributed by atoms with E-state index in [1.165, 1.54) is 6.33 Å². The third-order valence-corrected chi connectivity index (χ3v) is 7.82. The summed E-state index contributed by atoms with van der Waals surface area (Å²) < 4.78 is 12.2. The van der Waals surface area contributed by atoms with Crippen LogP contribution in [0.15, 0.2) is 59.8 Å². The zero-order chi connectivity index (χ0) is 26.5. The summed E-state index contributed by atoms with van der Waals surface area (Å²) in [6.45, 7) is 1.56. The molecule has 38 heavy (non-hydrogen) atoms. The third kappa shape index (κ3) is 6.15. The molecule has 1 N–H and O–H groups in total. The number of carbonyl (C=O) groups is 1. The molecule has 0 spiro atoms. The minimum absolute atomic E-state index is 0.0386. The van der Waals surface area contributed by atoms with Gasteiger partial charge in [0.2, 0.25) is 11.4 Å². The Hall–Kier alpha value is -3.47. The Bertz CT molecular complexity index is 1400. The lowest BCUT2D eigenvalue weighted by Crippen LogP contribution is -2.43. The Morgan fingerprint density at radius 2 is 2.11 bits per heavy atom. The molecule has 1 amide bonds. The van der Waals surface area contributed by atoms with E-state index >= 15 is 0 Å². The summed E-state index contributed by atoms with van der Waals surface area (Å²) in [4.78, 5) is 29.5. The van der Waals surface area contributed by atoms with Crippen molar-refractivity contribution in [2.24, 2.45) is 0 Å². The first kappa shape index (κ1) is 26.1. The molecule has 0 saturated carbocycles. The van der Waals surface area contributed by atoms with Gasteiger partial charge in [0.25, 0.3) is 5.94 Å². The van der Waals surface area contributed by atoms with E-state index < -0.39 is 0 Å². The van der Waals surface area contributed by atoms with Crippen molar-refractivity contribution in [3.05, 3.63) is 64.8 Å². The summed E-state index contributed by atoms with van der Waals surface area (Å²) >= 11 is 6.52. The van der Waals surface area contributed by atoms with Gasteiger partial charge in [0.05, 0.1) is 34.7 Å². The van der Waals surface area contributed by atoms with Gasteiger partial charge in [-0.05, 0) is 57.3 Å². The second-order valence-electron chi connectivity index (χ2n) is 9.35. The summed E-state index contributed by atoms with van der Waals surface area (Å²) in [6.07, 6.45) is 5.19. The lowest BCUT2D eigenvalue weighted by atomic mass is 10.2. The molecule has 3 heterocycles. The van der Waals surface area contributed by atoms with Crippen molar-refractivity contribution in [1.82, 2.24) is 24.8 Å². The van der Waals surface area contributed by atoms with Gasteiger partial charge in [-0.25, -0.2) is 15.0 Å². The number of hydrogen-bond acceptors (Lipinski definition) is 8. The van der Waals surface area contributed by atoms with Crippen molar-refractivity contribution in [3.8, 4) is 11.5 Å². The van der Waals surface area contributed by atoms with E-state index in [0.29, 0.717) is 41.4 Å². The van der Waals surface area contributed by atoms with E-state index in [4.69, 9.17) is 21.1 Å². The van der Waals surface area contributed by atoms with Crippen LogP contribution in [-0.2, 0) is 10.7 Å². The van der Waals surface area contributed by atoms with Crippen LogP contribution in [0, 0.1) is 0 Å². The summed E-state index contributed by atoms with van der Waals surface area (Å²) in [7, 11) is 3.68. The van der Waals surface area contributed by atoms with Crippen molar-refractivity contribution >= 4 is 50.4 Å². The number of nitrogens with zero attached hydrogens (tertiary/aromatic N) is 5. The first-order chi connectivity index (χ1) is 18.5. The minimum atomic E-state index is -0.126. The van der Waals surface area contributed by atoms with Crippen molar-refractivity contribution in [2.75, 3.05) is 39.1 Å². The van der Waals surface area contributed by atoms with Crippen LogP contribution in [0.4, 0.5) is 11.5 Å². The number of likely N-dealkylation sites (tertiary alicyclic amines) is 1. The van der Waals surface area contributed by atoms with Gasteiger partial charge in [0, 0.05) is 22.7 Å². The fourth-order valence-corrected chi connectivity index (χ4v) is 5.63. The van der Waals surface area contributed by atoms with Crippen LogP contribution in [0.25, 0.3) is 10.9 Å². The summed E-state index contributed by atoms with van der Waals surface area (Å²) in [5.74, 6) is 2.51. The number of halogens is 1. The van der Waals surface area contributed by atoms with Crippen molar-refractivity contribution in [3.63, 3.8) is 0 Å². The van der Waals surface area contributed by atoms with Crippen molar-refractivity contribution in [1.29, 1.82) is 0 Å². The van der Waals surface area contributed by atoms with Crippen LogP contribution < -0.4 is 14.8 Å². The van der Waals surface area contributed by atoms with Gasteiger partial charge >= 0.3 is 0 Å². The largest absolute Gasteiger partial charge is 0.491 e. The number of fused-ring (bicyclic) bond motifs is 1. The maximum absolute atomic E-state index is 12.7. The zero-order valence-electron chi connectivity index (χ0n) is 21.3. The number of benzene rings is 2. The standard InChI is InChI=1S/C27H30ClN6O3S/c1-33(2)14-25(35)34-11-4-5-20(34)15-36-24-7-3-6-22-26(24)27(31-16-30-22)32-19-8-9-23(21(28)13-19)37-18-38-12-10-29-17-38/h3,6-10,12-13,16-17,20H,4-5,11,14-15,18H2,1-2H3,(H,30,31,32)/q+1/t20-,38?/m1/s1. The Kier molecular flexibility index (Phi) is 8.21. The molecule has 2 aromatic heterocycles. The molecule has 2 aromatic carbocycles. The quantitative estimate of drug-likeness (QED) is 0.270. The molecule has 198 valence electrons. The van der Waals surface area contributed by atoms with Gasteiger partial charge in [-0.3, -0.25) is 4.79 Å². The van der Waals surface area contributed by atoms with Crippen LogP contribution in [0.1, 0.15) is 12.8 Å². The molecule has 4 aromatic rings. The Balaban J connectivity index is 1.32. The molecular formula is C27H30ClN6O3S+. The van der Waals surface area contributed by atoms with Crippen LogP contribution in [0.2, 0.25) is 5.02 Å². The van der Waals surface area contributed by atoms with Gasteiger partial charge < -0.3 is 24.6 Å². The normalized spacial score (nSPS) is 15.7. The monoisotopic (exact) mass is 553 g/mol. The van der Waals surface area contributed by atoms with E-state index in [0.717, 1.165) is 36.0 Å². The number of rotatable bonds is 10. The number of thiazole rings is 1. The minimum Gasteiger partial charge on any atom is -0.491 e. The Morgan fingerprint density at radius 3 is 2.89 bits per heavy atom. The summed E-state index contributed by atoms with van der Waals surface area (Å²) in [5, 5.41) is 6.63. The van der Waals surface area contributed by atoms with Crippen LogP contribution in [-0.4, -0.2) is 70.5 Å². The van der Waals surface area contributed by atoms with E-state index in [1.807, 2.05) is 71.2 Å². The Morgan fingerprint density at radius 1 is 1.21 bits per heavy atom. The molecule has 2 atom stereocenters. The highest BCUT2D eigenvalue weighted by Crippen LogP contribution is 2.35. The van der Waals surface area contributed by atoms with Gasteiger partial charge in [-0.1, -0.05) is 17.7 Å². The zero-order valence-corrected chi connectivity index (χ0v) is 22.9. The number of nitrogens with one attached hydrogen (secondary N) is 1. The number of likely N-dealkylation sites (N-methyl/N-ethyl adjacent to an activating group) is 1. The highest BCUT2D eigenvalue weighted by Gasteiger charge is 2.29. The van der Waals surface area contributed by atoms with Gasteiger partial charge in [0.1, 0.15) is 30.3 Å². The summed E-state index contributed by atoms with van der Waals surface area (Å²) in [6, 6.07) is 11.3. The van der Waals surface area contributed by atoms with E-state index in [9.17, 15) is 4.79 Å². The second-order valence-corrected chi connectivity index (χ2v) is 11.4. The molecular weight excluding hydrogens is 524 g/mol. The predicted octanol–water partition coefficient (Wildman–Crippen LogP) is 5.14. The lowest BCUT2D eigenvalue weighted by molar-refractivity contribution is -0.133. The third-order valence-electron chi connectivity index (χ3n) is 6.27. The fourth-order valence-electron chi connectivity index (χ4n) is 4.47. The maximum Gasteiger partial charge on any atom is 0.268 e. The van der Waals surface area contributed by atoms with Crippen molar-refractivity contribution in [2.45, 2.75) is 24.8 Å². The lowest BCUT2D eigenvalue weighted by Gasteiger charge is -2.26. The van der Waals surface area contributed by atoms with Gasteiger partial charge in [0.15, 0.2) is 5.38 Å². The van der Waals surface area contributed by atoms with Gasteiger partial charge in [-0.2, -0.15) is 0 Å². The molecule has 1 saturated heterocycles. The van der Waals surface area contributed by atoms with E-state index in [2.05, 4.69) is 20.3 Å². The van der Waals surface area contributed by atoms with Crippen LogP contribution in [0.5, 0.6) is 11.5 Å². The second kappa shape index (κ2) is 11.9. The average Bonchev–Trinajstić information content (AvgIpc) is 3.59. The van der Waals surface area contributed by atoms with Crippen LogP contribution in [0.3, 0.4) is 0 Å². The molecule has 0 bridgehead atoms. The van der Waals surface area contributed by atoms with E-state index in [1.54, 1.807) is 6.20 Å². The highest BCUT2D eigenvalue weighted by molar-refractivity contribution is 7.27. The number of anilines is 2. The molecule has 1 aliphatic heterocycles. The molecule has 9 nitrogen and oxygen atoms in total. The predicted molar refractivity (Wildman–Crippen MR) is 150 cm³/mol. The number of hydrogen-bond donors (Lipinski definition) is 1. The van der Waals surface area contributed by atoms with Crippen LogP contribution >= 0.6 is 22.1 Å². The first-order valence-electron chi connectivity index (χ1n) is 12.4. The number of carbonyl (C=O) groups excluding carboxylic acids is 1. The average molecular weight is 554 g/mol. The molecule has 1 fully saturated rings. The molecule has 1 aliphatic rings. The summed E-state index contributed by atoms with van der Waals surface area (Å²) in [5.41, 5.74) is 3.39. The molecule has 11 heteroatoms. The first-order valence-corrected chi connectivity index (χ1v) is 14.3. The molecule has 0 radical (unpaired) electrons. The molecule has 0 aliphatic carbocycles. The van der Waals surface area contributed by atoms with Crippen molar-refractivity contribution < 1.29 is 14.3 Å². The molecule has 1 unspecified atom stereocenters.